The Morgan fingerprint density at radius 2 is 1.87 bits per heavy atom. The summed E-state index contributed by atoms with van der Waals surface area (Å²) in [6.07, 6.45) is 0. The maximum atomic E-state index is 13.0. The van der Waals surface area contributed by atoms with Crippen LogP contribution in [-0.4, -0.2) is 38.7 Å². The van der Waals surface area contributed by atoms with E-state index in [1.807, 2.05) is 73.1 Å². The number of carbonyl (C=O) groups is 1. The number of aryl methyl sites for hydroxylation is 1. The molecular formula is C23H23N5O2. The van der Waals surface area contributed by atoms with E-state index in [0.717, 1.165) is 33.7 Å². The first kappa shape index (κ1) is 18.6. The average molecular weight is 401 g/mol. The molecule has 2 aromatic carbocycles. The lowest BCUT2D eigenvalue weighted by atomic mass is 10.00. The summed E-state index contributed by atoms with van der Waals surface area (Å²) >= 11 is 0. The van der Waals surface area contributed by atoms with Gasteiger partial charge in [0.05, 0.1) is 17.9 Å². The number of nitrogens with one attached hydrogen (secondary N) is 1. The van der Waals surface area contributed by atoms with E-state index in [1.54, 1.807) is 0 Å². The second-order valence-electron chi connectivity index (χ2n) is 7.57. The molecule has 1 unspecified atom stereocenters. The minimum absolute atomic E-state index is 0.0174. The number of nitrogens with zero attached hydrogens (tertiary/aromatic N) is 4. The number of aromatic nitrogens is 3. The lowest BCUT2D eigenvalue weighted by Crippen LogP contribution is -2.49. The third-order valence-corrected chi connectivity index (χ3v) is 5.61. The van der Waals surface area contributed by atoms with Crippen molar-refractivity contribution in [2.75, 3.05) is 13.1 Å². The van der Waals surface area contributed by atoms with Gasteiger partial charge in [-0.3, -0.25) is 9.69 Å². The number of benzene rings is 2. The van der Waals surface area contributed by atoms with Crippen molar-refractivity contribution in [2.24, 2.45) is 0 Å². The molecule has 2 aromatic heterocycles. The number of hydrogen-bond acceptors (Lipinski definition) is 5. The molecule has 7 nitrogen and oxygen atoms in total. The molecule has 1 atom stereocenters. The van der Waals surface area contributed by atoms with E-state index in [-0.39, 0.29) is 5.91 Å². The molecular weight excluding hydrogens is 378 g/mol. The van der Waals surface area contributed by atoms with E-state index < -0.39 is 6.04 Å². The molecule has 1 fully saturated rings. The Hall–Kier alpha value is -3.45. The highest BCUT2D eigenvalue weighted by Gasteiger charge is 2.36. The van der Waals surface area contributed by atoms with E-state index in [0.29, 0.717) is 25.5 Å². The Labute approximate surface area is 174 Å². The zero-order valence-electron chi connectivity index (χ0n) is 17.0. The second kappa shape index (κ2) is 7.42. The molecule has 1 amide bonds. The van der Waals surface area contributed by atoms with Crippen LogP contribution in [0.4, 0.5) is 0 Å². The van der Waals surface area contributed by atoms with Crippen LogP contribution in [0.15, 0.2) is 59.0 Å². The van der Waals surface area contributed by atoms with Gasteiger partial charge in [-0.15, -0.1) is 0 Å². The summed E-state index contributed by atoms with van der Waals surface area (Å²) < 4.78 is 7.83. The van der Waals surface area contributed by atoms with Gasteiger partial charge in [0, 0.05) is 24.3 Å². The highest BCUT2D eigenvalue weighted by atomic mass is 16.3. The van der Waals surface area contributed by atoms with E-state index in [1.165, 1.54) is 0 Å². The fourth-order valence-electron chi connectivity index (χ4n) is 4.23. The first-order valence-corrected chi connectivity index (χ1v) is 10.1. The van der Waals surface area contributed by atoms with Gasteiger partial charge in [-0.25, -0.2) is 9.67 Å². The molecule has 152 valence electrons. The van der Waals surface area contributed by atoms with E-state index in [4.69, 9.17) is 9.52 Å². The Bertz CT molecular complexity index is 1180. The second-order valence-corrected chi connectivity index (χ2v) is 7.57. The highest BCUT2D eigenvalue weighted by Crippen LogP contribution is 2.31. The Morgan fingerprint density at radius 1 is 1.10 bits per heavy atom. The molecule has 5 rings (SSSR count). The molecule has 0 radical (unpaired) electrons. The van der Waals surface area contributed by atoms with Crippen LogP contribution in [0.5, 0.6) is 0 Å². The third kappa shape index (κ3) is 3.17. The van der Waals surface area contributed by atoms with Crippen LogP contribution in [0.25, 0.3) is 16.8 Å². The van der Waals surface area contributed by atoms with Gasteiger partial charge in [0.1, 0.15) is 11.6 Å². The summed E-state index contributed by atoms with van der Waals surface area (Å²) in [5.41, 5.74) is 5.31. The van der Waals surface area contributed by atoms with Crippen molar-refractivity contribution in [1.82, 2.24) is 25.0 Å². The summed E-state index contributed by atoms with van der Waals surface area (Å²) in [4.78, 5) is 19.7. The van der Waals surface area contributed by atoms with Crippen molar-refractivity contribution < 1.29 is 9.21 Å². The van der Waals surface area contributed by atoms with Gasteiger partial charge < -0.3 is 9.73 Å². The summed E-state index contributed by atoms with van der Waals surface area (Å²) in [6.45, 7) is 5.75. The summed E-state index contributed by atoms with van der Waals surface area (Å²) in [5, 5.41) is 7.74. The largest absolute Gasteiger partial charge is 0.439 e. The zero-order chi connectivity index (χ0) is 20.7. The minimum atomic E-state index is -0.439. The predicted molar refractivity (Wildman–Crippen MR) is 113 cm³/mol. The van der Waals surface area contributed by atoms with Crippen LogP contribution in [0.1, 0.15) is 28.9 Å². The van der Waals surface area contributed by atoms with Gasteiger partial charge >= 0.3 is 0 Å². The number of fused-ring (bicyclic) bond motifs is 1. The number of hydrogen-bond donors (Lipinski definition) is 1. The van der Waals surface area contributed by atoms with Crippen LogP contribution >= 0.6 is 0 Å². The normalized spacial score (nSPS) is 17.4. The first-order chi connectivity index (χ1) is 14.6. The molecule has 4 aromatic rings. The maximum absolute atomic E-state index is 13.0. The van der Waals surface area contributed by atoms with Crippen LogP contribution in [0.3, 0.4) is 0 Å². The minimum Gasteiger partial charge on any atom is -0.439 e. The van der Waals surface area contributed by atoms with Crippen LogP contribution in [-0.2, 0) is 11.3 Å². The first-order valence-electron chi connectivity index (χ1n) is 10.1. The van der Waals surface area contributed by atoms with Crippen molar-refractivity contribution in [3.8, 4) is 5.69 Å². The fraction of sp³-hybridized carbons (Fsp3) is 0.261. The molecule has 1 aliphatic rings. The molecule has 30 heavy (non-hydrogen) atoms. The molecule has 0 saturated carbocycles. The SMILES string of the molecule is Cc1nn(-c2ccccc2)c(C)c1C1C(=O)NCCN1Cc1nc2ccccc2o1. The predicted octanol–water partition coefficient (Wildman–Crippen LogP) is 3.30. The zero-order valence-corrected chi connectivity index (χ0v) is 17.0. The number of para-hydroxylation sites is 3. The summed E-state index contributed by atoms with van der Waals surface area (Å²) in [5.74, 6) is 0.595. The van der Waals surface area contributed by atoms with E-state index >= 15 is 0 Å². The van der Waals surface area contributed by atoms with Crippen LogP contribution in [0.2, 0.25) is 0 Å². The number of carbonyl (C=O) groups excluding carboxylic acids is 1. The van der Waals surface area contributed by atoms with Crippen molar-refractivity contribution in [2.45, 2.75) is 26.4 Å². The molecule has 3 heterocycles. The van der Waals surface area contributed by atoms with Gasteiger partial charge in [0.15, 0.2) is 5.58 Å². The van der Waals surface area contributed by atoms with Gasteiger partial charge in [-0.1, -0.05) is 30.3 Å². The van der Waals surface area contributed by atoms with E-state index in [2.05, 4.69) is 15.2 Å². The molecule has 1 N–H and O–H groups in total. The lowest BCUT2D eigenvalue weighted by molar-refractivity contribution is -0.129. The number of piperazine rings is 1. The third-order valence-electron chi connectivity index (χ3n) is 5.61. The standard InChI is InChI=1S/C23H23N5O2/c1-15-21(16(2)28(26-15)17-8-4-3-5-9-17)22-23(29)24-12-13-27(22)14-20-25-18-10-6-7-11-19(18)30-20/h3-11,22H,12-14H2,1-2H3,(H,24,29). The summed E-state index contributed by atoms with van der Waals surface area (Å²) in [7, 11) is 0. The smallest absolute Gasteiger partial charge is 0.242 e. The molecule has 1 saturated heterocycles. The number of rotatable bonds is 4. The van der Waals surface area contributed by atoms with Crippen molar-refractivity contribution in [3.05, 3.63) is 77.4 Å². The maximum Gasteiger partial charge on any atom is 0.242 e. The van der Waals surface area contributed by atoms with Gasteiger partial charge in [0.2, 0.25) is 11.8 Å². The van der Waals surface area contributed by atoms with Crippen molar-refractivity contribution in [1.29, 1.82) is 0 Å². The Balaban J connectivity index is 1.52. The Kier molecular flexibility index (Phi) is 4.59. The van der Waals surface area contributed by atoms with Gasteiger partial charge in [-0.05, 0) is 38.1 Å². The molecule has 0 spiro atoms. The lowest BCUT2D eigenvalue weighted by Gasteiger charge is -2.34. The monoisotopic (exact) mass is 401 g/mol. The molecule has 7 heteroatoms. The number of amides is 1. The Morgan fingerprint density at radius 3 is 2.67 bits per heavy atom. The van der Waals surface area contributed by atoms with Gasteiger partial charge in [-0.2, -0.15) is 5.10 Å². The van der Waals surface area contributed by atoms with E-state index in [9.17, 15) is 4.79 Å². The summed E-state index contributed by atoms with van der Waals surface area (Å²) in [6, 6.07) is 17.2. The van der Waals surface area contributed by atoms with Crippen molar-refractivity contribution in [3.63, 3.8) is 0 Å². The topological polar surface area (TPSA) is 76.2 Å². The average Bonchev–Trinajstić information content (AvgIpc) is 3.29. The highest BCUT2D eigenvalue weighted by molar-refractivity contribution is 5.84. The van der Waals surface area contributed by atoms with Crippen LogP contribution in [0, 0.1) is 13.8 Å². The fourth-order valence-corrected chi connectivity index (χ4v) is 4.23. The molecule has 0 aliphatic carbocycles. The molecule has 0 bridgehead atoms. The quantitative estimate of drug-likeness (QED) is 0.568. The van der Waals surface area contributed by atoms with Crippen molar-refractivity contribution >= 4 is 17.0 Å². The number of oxazole rings is 1. The van der Waals surface area contributed by atoms with Gasteiger partial charge in [0.25, 0.3) is 0 Å². The molecule has 1 aliphatic heterocycles. The van der Waals surface area contributed by atoms with Crippen LogP contribution < -0.4 is 5.32 Å².